The van der Waals surface area contributed by atoms with Crippen molar-refractivity contribution < 1.29 is 13.2 Å². The number of likely N-dealkylation sites (tertiary alicyclic amines) is 1. The molecule has 1 heterocycles. The summed E-state index contributed by atoms with van der Waals surface area (Å²) < 4.78 is 25.9. The number of aryl methyl sites for hydroxylation is 1. The first-order chi connectivity index (χ1) is 12.2. The van der Waals surface area contributed by atoms with Crippen LogP contribution in [-0.4, -0.2) is 58.2 Å². The maximum absolute atomic E-state index is 12.2. The lowest BCUT2D eigenvalue weighted by Gasteiger charge is -2.29. The summed E-state index contributed by atoms with van der Waals surface area (Å²) in [5.41, 5.74) is 2.70. The van der Waals surface area contributed by atoms with E-state index in [0.29, 0.717) is 25.1 Å². The lowest BCUT2D eigenvalue weighted by atomic mass is 10.1. The van der Waals surface area contributed by atoms with Gasteiger partial charge in [0.15, 0.2) is 0 Å². The predicted octanol–water partition coefficient (Wildman–Crippen LogP) is 2.06. The highest BCUT2D eigenvalue weighted by atomic mass is 32.2. The van der Waals surface area contributed by atoms with E-state index in [4.69, 9.17) is 0 Å². The van der Waals surface area contributed by atoms with Crippen molar-refractivity contribution in [3.8, 4) is 0 Å². The van der Waals surface area contributed by atoms with Gasteiger partial charge in [0, 0.05) is 19.0 Å². The first kappa shape index (κ1) is 20.7. The number of nitrogens with one attached hydrogen (secondary N) is 1. The largest absolute Gasteiger partial charge is 0.353 e. The molecule has 1 amide bonds. The third kappa shape index (κ3) is 5.71. The number of rotatable bonds is 7. The van der Waals surface area contributed by atoms with Crippen LogP contribution in [0.4, 0.5) is 5.69 Å². The minimum Gasteiger partial charge on any atom is -0.353 e. The summed E-state index contributed by atoms with van der Waals surface area (Å²) in [6.07, 6.45) is 4.00. The summed E-state index contributed by atoms with van der Waals surface area (Å²) in [5.74, 6) is 0.00830. The molecule has 0 unspecified atom stereocenters. The van der Waals surface area contributed by atoms with E-state index in [1.165, 1.54) is 10.6 Å². The molecule has 7 heteroatoms. The second-order valence-corrected chi connectivity index (χ2v) is 9.21. The van der Waals surface area contributed by atoms with Crippen LogP contribution < -0.4 is 9.62 Å². The minimum absolute atomic E-state index is 0.00830. The van der Waals surface area contributed by atoms with Gasteiger partial charge in [0.05, 0.1) is 11.9 Å². The van der Waals surface area contributed by atoms with E-state index in [2.05, 4.69) is 17.3 Å². The Balaban J connectivity index is 1.92. The molecular formula is C19H31N3O3S. The third-order valence-corrected chi connectivity index (χ3v) is 6.27. The molecule has 1 aliphatic heterocycles. The van der Waals surface area contributed by atoms with Gasteiger partial charge in [-0.3, -0.25) is 9.10 Å². The van der Waals surface area contributed by atoms with Crippen molar-refractivity contribution in [2.24, 2.45) is 0 Å². The van der Waals surface area contributed by atoms with Gasteiger partial charge in [-0.05, 0) is 70.4 Å². The Kier molecular flexibility index (Phi) is 7.06. The van der Waals surface area contributed by atoms with Crippen molar-refractivity contribution >= 4 is 21.6 Å². The highest BCUT2D eigenvalue weighted by Crippen LogP contribution is 2.25. The summed E-state index contributed by atoms with van der Waals surface area (Å²) in [4.78, 5) is 14.4. The highest BCUT2D eigenvalue weighted by molar-refractivity contribution is 7.92. The smallest absolute Gasteiger partial charge is 0.232 e. The van der Waals surface area contributed by atoms with Gasteiger partial charge >= 0.3 is 0 Å². The average Bonchev–Trinajstić information content (AvgIpc) is 2.56. The normalized spacial score (nSPS) is 16.5. The Bertz CT molecular complexity index is 726. The molecule has 0 atom stereocenters. The summed E-state index contributed by atoms with van der Waals surface area (Å²) >= 11 is 0. The molecule has 6 nitrogen and oxygen atoms in total. The van der Waals surface area contributed by atoms with Crippen molar-refractivity contribution in [2.75, 3.05) is 37.2 Å². The fourth-order valence-electron chi connectivity index (χ4n) is 3.31. The summed E-state index contributed by atoms with van der Waals surface area (Å²) in [7, 11) is -1.30. The first-order valence-corrected chi connectivity index (χ1v) is 11.0. The van der Waals surface area contributed by atoms with Crippen LogP contribution in [0.5, 0.6) is 0 Å². The number of benzene rings is 1. The van der Waals surface area contributed by atoms with Crippen molar-refractivity contribution in [3.05, 3.63) is 29.3 Å². The zero-order valence-electron chi connectivity index (χ0n) is 16.3. The quantitative estimate of drug-likeness (QED) is 0.785. The molecule has 0 radical (unpaired) electrons. The van der Waals surface area contributed by atoms with Gasteiger partial charge in [0.1, 0.15) is 0 Å². The molecule has 0 aromatic heterocycles. The van der Waals surface area contributed by atoms with Gasteiger partial charge in [-0.25, -0.2) is 8.42 Å². The second-order valence-electron chi connectivity index (χ2n) is 7.30. The fourth-order valence-corrected chi connectivity index (χ4v) is 4.32. The SMILES string of the molecule is Cc1cccc(N(CCCC(=O)NC2CCN(C)CC2)S(C)(=O)=O)c1C. The standard InChI is InChI=1S/C19H31N3O3S/c1-15-7-5-8-18(16(15)2)22(26(4,24)25)12-6-9-19(23)20-17-10-13-21(3)14-11-17/h5,7-8,17H,6,9-14H2,1-4H3,(H,20,23). The number of hydrogen-bond acceptors (Lipinski definition) is 4. The molecule has 0 bridgehead atoms. The molecule has 1 fully saturated rings. The van der Waals surface area contributed by atoms with E-state index in [-0.39, 0.29) is 11.9 Å². The minimum atomic E-state index is -3.39. The van der Waals surface area contributed by atoms with Gasteiger partial charge in [-0.2, -0.15) is 0 Å². The predicted molar refractivity (Wildman–Crippen MR) is 106 cm³/mol. The number of carbonyl (C=O) groups excluding carboxylic acids is 1. The molecule has 1 aromatic rings. The number of carbonyl (C=O) groups is 1. The Morgan fingerprint density at radius 2 is 1.92 bits per heavy atom. The highest BCUT2D eigenvalue weighted by Gasteiger charge is 2.21. The van der Waals surface area contributed by atoms with Crippen LogP contribution >= 0.6 is 0 Å². The molecule has 1 aliphatic rings. The number of sulfonamides is 1. The molecule has 1 saturated heterocycles. The Morgan fingerprint density at radius 3 is 2.54 bits per heavy atom. The van der Waals surface area contributed by atoms with Crippen LogP contribution in [0.1, 0.15) is 36.8 Å². The number of nitrogens with zero attached hydrogens (tertiary/aromatic N) is 2. The molecule has 146 valence electrons. The lowest BCUT2D eigenvalue weighted by Crippen LogP contribution is -2.43. The van der Waals surface area contributed by atoms with E-state index in [0.717, 1.165) is 37.1 Å². The number of hydrogen-bond donors (Lipinski definition) is 1. The number of amides is 1. The molecular weight excluding hydrogens is 350 g/mol. The Morgan fingerprint density at radius 1 is 1.27 bits per heavy atom. The van der Waals surface area contributed by atoms with Crippen LogP contribution in [0, 0.1) is 13.8 Å². The summed E-state index contributed by atoms with van der Waals surface area (Å²) in [5, 5.41) is 3.08. The van der Waals surface area contributed by atoms with E-state index in [1.54, 1.807) is 0 Å². The number of anilines is 1. The molecule has 1 N–H and O–H groups in total. The van der Waals surface area contributed by atoms with Crippen LogP contribution in [0.15, 0.2) is 18.2 Å². The van der Waals surface area contributed by atoms with E-state index in [9.17, 15) is 13.2 Å². The van der Waals surface area contributed by atoms with Crippen molar-refractivity contribution in [1.82, 2.24) is 10.2 Å². The fraction of sp³-hybridized carbons (Fsp3) is 0.632. The number of piperidine rings is 1. The van der Waals surface area contributed by atoms with Gasteiger partial charge < -0.3 is 10.2 Å². The van der Waals surface area contributed by atoms with Crippen LogP contribution in [0.2, 0.25) is 0 Å². The van der Waals surface area contributed by atoms with E-state index < -0.39 is 10.0 Å². The van der Waals surface area contributed by atoms with Crippen molar-refractivity contribution in [3.63, 3.8) is 0 Å². The van der Waals surface area contributed by atoms with Crippen molar-refractivity contribution in [2.45, 2.75) is 45.6 Å². The second kappa shape index (κ2) is 8.86. The third-order valence-electron chi connectivity index (χ3n) is 5.09. The summed E-state index contributed by atoms with van der Waals surface area (Å²) in [6, 6.07) is 5.89. The Hall–Kier alpha value is -1.60. The van der Waals surface area contributed by atoms with Gasteiger partial charge in [0.25, 0.3) is 0 Å². The maximum Gasteiger partial charge on any atom is 0.232 e. The maximum atomic E-state index is 12.2. The van der Waals surface area contributed by atoms with Gasteiger partial charge in [0.2, 0.25) is 15.9 Å². The van der Waals surface area contributed by atoms with Crippen LogP contribution in [-0.2, 0) is 14.8 Å². The van der Waals surface area contributed by atoms with Crippen LogP contribution in [0.25, 0.3) is 0 Å². The molecule has 2 rings (SSSR count). The van der Waals surface area contributed by atoms with Crippen LogP contribution in [0.3, 0.4) is 0 Å². The zero-order chi connectivity index (χ0) is 19.3. The average molecular weight is 382 g/mol. The zero-order valence-corrected chi connectivity index (χ0v) is 17.1. The Labute approximate surface area is 157 Å². The van der Waals surface area contributed by atoms with E-state index in [1.807, 2.05) is 32.0 Å². The molecule has 0 aliphatic carbocycles. The lowest BCUT2D eigenvalue weighted by molar-refractivity contribution is -0.122. The van der Waals surface area contributed by atoms with Gasteiger partial charge in [-0.1, -0.05) is 12.1 Å². The first-order valence-electron chi connectivity index (χ1n) is 9.20. The van der Waals surface area contributed by atoms with E-state index >= 15 is 0 Å². The molecule has 1 aromatic carbocycles. The summed E-state index contributed by atoms with van der Waals surface area (Å²) in [6.45, 7) is 6.20. The molecule has 0 spiro atoms. The topological polar surface area (TPSA) is 69.7 Å². The molecule has 0 saturated carbocycles. The monoisotopic (exact) mass is 381 g/mol. The molecule has 26 heavy (non-hydrogen) atoms. The van der Waals surface area contributed by atoms with Gasteiger partial charge in [-0.15, -0.1) is 0 Å². The van der Waals surface area contributed by atoms with Crippen molar-refractivity contribution in [1.29, 1.82) is 0 Å².